The van der Waals surface area contributed by atoms with Crippen LogP contribution >= 0.6 is 0 Å². The van der Waals surface area contributed by atoms with Gasteiger partial charge in [0.2, 0.25) is 0 Å². The molecule has 0 spiro atoms. The Morgan fingerprint density at radius 2 is 1.83 bits per heavy atom. The minimum absolute atomic E-state index is 1.11. The van der Waals surface area contributed by atoms with E-state index in [1.807, 2.05) is 0 Å². The van der Waals surface area contributed by atoms with Crippen LogP contribution in [0.5, 0.6) is 0 Å². The minimum Gasteiger partial charge on any atom is -0.376 e. The molecule has 1 nitrogen and oxygen atoms in total. The Hall–Kier alpha value is -0.460. The zero-order valence-corrected chi connectivity index (χ0v) is 8.90. The fraction of sp³-hybridized carbons (Fsp3) is 0.818. The highest BCUT2D eigenvalue weighted by atomic mass is 15.1. The van der Waals surface area contributed by atoms with Gasteiger partial charge in [-0.1, -0.05) is 26.8 Å². The fourth-order valence-corrected chi connectivity index (χ4v) is 1.35. The molecule has 0 saturated heterocycles. The average molecular weight is 169 g/mol. The van der Waals surface area contributed by atoms with Gasteiger partial charge in [-0.3, -0.25) is 0 Å². The second-order valence-electron chi connectivity index (χ2n) is 3.25. The Morgan fingerprint density at radius 3 is 2.25 bits per heavy atom. The van der Waals surface area contributed by atoms with Crippen LogP contribution in [0.25, 0.3) is 0 Å². The van der Waals surface area contributed by atoms with Crippen molar-refractivity contribution < 1.29 is 0 Å². The van der Waals surface area contributed by atoms with E-state index in [4.69, 9.17) is 0 Å². The predicted molar refractivity (Wildman–Crippen MR) is 56.2 cm³/mol. The van der Waals surface area contributed by atoms with E-state index in [0.717, 1.165) is 6.54 Å². The van der Waals surface area contributed by atoms with Gasteiger partial charge in [-0.25, -0.2) is 0 Å². The first-order valence-electron chi connectivity index (χ1n) is 5.18. The molecule has 0 aliphatic rings. The molecule has 0 aromatic heterocycles. The van der Waals surface area contributed by atoms with Gasteiger partial charge in [0.05, 0.1) is 0 Å². The molecule has 0 aromatic carbocycles. The molecule has 0 radical (unpaired) electrons. The van der Waals surface area contributed by atoms with E-state index in [2.05, 4.69) is 32.3 Å². The van der Waals surface area contributed by atoms with Crippen molar-refractivity contribution in [3.05, 3.63) is 12.3 Å². The molecule has 0 aliphatic heterocycles. The monoisotopic (exact) mass is 169 g/mol. The Balaban J connectivity index is 3.69. The molecule has 0 heterocycles. The van der Waals surface area contributed by atoms with Crippen LogP contribution < -0.4 is 0 Å². The van der Waals surface area contributed by atoms with Gasteiger partial charge in [-0.05, 0) is 26.2 Å². The van der Waals surface area contributed by atoms with Gasteiger partial charge in [-0.15, -0.1) is 0 Å². The van der Waals surface area contributed by atoms with Gasteiger partial charge < -0.3 is 4.90 Å². The highest BCUT2D eigenvalue weighted by molar-refractivity contribution is 4.92. The highest BCUT2D eigenvalue weighted by Gasteiger charge is 2.02. The van der Waals surface area contributed by atoms with E-state index < -0.39 is 0 Å². The fourth-order valence-electron chi connectivity index (χ4n) is 1.35. The van der Waals surface area contributed by atoms with E-state index in [9.17, 15) is 0 Å². The summed E-state index contributed by atoms with van der Waals surface area (Å²) in [4.78, 5) is 2.38. The van der Waals surface area contributed by atoms with Crippen LogP contribution in [-0.4, -0.2) is 18.0 Å². The summed E-state index contributed by atoms with van der Waals surface area (Å²) >= 11 is 0. The predicted octanol–water partition coefficient (Wildman–Crippen LogP) is 3.42. The lowest BCUT2D eigenvalue weighted by atomic mass is 10.2. The first-order chi connectivity index (χ1) is 5.76. The lowest BCUT2D eigenvalue weighted by Gasteiger charge is -2.24. The summed E-state index contributed by atoms with van der Waals surface area (Å²) in [6.45, 7) is 13.0. The van der Waals surface area contributed by atoms with Crippen molar-refractivity contribution >= 4 is 0 Å². The molecule has 0 atom stereocenters. The topological polar surface area (TPSA) is 3.24 Å². The van der Waals surface area contributed by atoms with Crippen molar-refractivity contribution in [3.8, 4) is 0 Å². The normalized spacial score (nSPS) is 9.92. The molecule has 0 amide bonds. The molecule has 0 N–H and O–H groups in total. The van der Waals surface area contributed by atoms with E-state index in [-0.39, 0.29) is 0 Å². The first-order valence-corrected chi connectivity index (χ1v) is 5.18. The third-order valence-corrected chi connectivity index (χ3v) is 2.14. The quantitative estimate of drug-likeness (QED) is 0.564. The van der Waals surface area contributed by atoms with Crippen LogP contribution in [-0.2, 0) is 0 Å². The molecule has 0 aliphatic carbocycles. The summed E-state index contributed by atoms with van der Waals surface area (Å²) in [6.07, 6.45) is 4.94. The maximum absolute atomic E-state index is 4.11. The summed E-state index contributed by atoms with van der Waals surface area (Å²) in [6, 6.07) is 0. The maximum Gasteiger partial charge on any atom is 0.0172 e. The van der Waals surface area contributed by atoms with Crippen molar-refractivity contribution in [2.75, 3.05) is 13.1 Å². The van der Waals surface area contributed by atoms with Gasteiger partial charge >= 0.3 is 0 Å². The van der Waals surface area contributed by atoms with Gasteiger partial charge in [0.1, 0.15) is 0 Å². The molecular weight excluding hydrogens is 146 g/mol. The maximum atomic E-state index is 4.11. The molecule has 0 aromatic rings. The van der Waals surface area contributed by atoms with E-state index in [1.54, 1.807) is 0 Å². The Bertz CT molecular complexity index is 118. The van der Waals surface area contributed by atoms with Crippen LogP contribution in [0.3, 0.4) is 0 Å². The highest BCUT2D eigenvalue weighted by Crippen LogP contribution is 2.10. The molecule has 0 rings (SSSR count). The largest absolute Gasteiger partial charge is 0.376 e. The number of unbranched alkanes of at least 4 members (excludes halogenated alkanes) is 1. The van der Waals surface area contributed by atoms with Crippen molar-refractivity contribution in [2.45, 2.75) is 46.5 Å². The Kier molecular flexibility index (Phi) is 6.93. The van der Waals surface area contributed by atoms with Crippen LogP contribution in [0.4, 0.5) is 0 Å². The summed E-state index contributed by atoms with van der Waals surface area (Å²) < 4.78 is 0. The molecule has 0 unspecified atom stereocenters. The third kappa shape index (κ3) is 4.42. The Morgan fingerprint density at radius 1 is 1.17 bits per heavy atom. The van der Waals surface area contributed by atoms with Crippen molar-refractivity contribution in [1.29, 1.82) is 0 Å². The molecule has 72 valence electrons. The smallest absolute Gasteiger partial charge is 0.0172 e. The van der Waals surface area contributed by atoms with E-state index >= 15 is 0 Å². The van der Waals surface area contributed by atoms with Crippen molar-refractivity contribution in [3.63, 3.8) is 0 Å². The van der Waals surface area contributed by atoms with Gasteiger partial charge in [0.25, 0.3) is 0 Å². The number of rotatable bonds is 7. The summed E-state index contributed by atoms with van der Waals surface area (Å²) in [5.41, 5.74) is 1.32. The van der Waals surface area contributed by atoms with Crippen molar-refractivity contribution in [2.24, 2.45) is 0 Å². The van der Waals surface area contributed by atoms with E-state index in [1.165, 1.54) is 37.9 Å². The Labute approximate surface area is 77.5 Å². The first kappa shape index (κ1) is 11.5. The lowest BCUT2D eigenvalue weighted by Crippen LogP contribution is -2.22. The number of allylic oxidation sites excluding steroid dienone is 1. The second-order valence-corrected chi connectivity index (χ2v) is 3.25. The molecule has 1 heteroatoms. The molecule has 0 fully saturated rings. The SMILES string of the molecule is C=C(CCCC)N(CC)CCC. The average Bonchev–Trinajstić information content (AvgIpc) is 2.10. The van der Waals surface area contributed by atoms with Crippen LogP contribution in [0.15, 0.2) is 12.3 Å². The van der Waals surface area contributed by atoms with Crippen LogP contribution in [0.1, 0.15) is 46.5 Å². The van der Waals surface area contributed by atoms with Crippen molar-refractivity contribution in [1.82, 2.24) is 4.90 Å². The zero-order chi connectivity index (χ0) is 9.40. The number of hydrogen-bond donors (Lipinski definition) is 0. The zero-order valence-electron chi connectivity index (χ0n) is 8.90. The standard InChI is InChI=1S/C11H23N/c1-5-8-9-11(4)12(7-3)10-6-2/h4-10H2,1-3H3. The lowest BCUT2D eigenvalue weighted by molar-refractivity contribution is 0.348. The summed E-state index contributed by atoms with van der Waals surface area (Å²) in [5.74, 6) is 0. The van der Waals surface area contributed by atoms with Crippen LogP contribution in [0, 0.1) is 0 Å². The van der Waals surface area contributed by atoms with Gasteiger partial charge in [-0.2, -0.15) is 0 Å². The second kappa shape index (κ2) is 7.20. The molecule has 0 bridgehead atoms. The number of nitrogens with zero attached hydrogens (tertiary/aromatic N) is 1. The minimum atomic E-state index is 1.11. The molecular formula is C11H23N. The third-order valence-electron chi connectivity index (χ3n) is 2.14. The van der Waals surface area contributed by atoms with Gasteiger partial charge in [0.15, 0.2) is 0 Å². The number of hydrogen-bond acceptors (Lipinski definition) is 1. The summed E-state index contributed by atoms with van der Waals surface area (Å²) in [5, 5.41) is 0. The summed E-state index contributed by atoms with van der Waals surface area (Å²) in [7, 11) is 0. The molecule has 12 heavy (non-hydrogen) atoms. The van der Waals surface area contributed by atoms with Crippen LogP contribution in [0.2, 0.25) is 0 Å². The van der Waals surface area contributed by atoms with E-state index in [0.29, 0.717) is 0 Å². The molecule has 0 saturated carbocycles. The van der Waals surface area contributed by atoms with Gasteiger partial charge in [0, 0.05) is 18.8 Å².